The maximum atomic E-state index is 14.5. The Morgan fingerprint density at radius 1 is 0.946 bits per heavy atom. The van der Waals surface area contributed by atoms with Crippen molar-refractivity contribution in [3.63, 3.8) is 0 Å². The van der Waals surface area contributed by atoms with Crippen LogP contribution < -0.4 is 19.7 Å². The molecule has 0 saturated carbocycles. The van der Waals surface area contributed by atoms with Crippen LogP contribution >= 0.6 is 0 Å². The van der Waals surface area contributed by atoms with E-state index < -0.39 is 23.4 Å². The molecule has 3 aromatic carbocycles. The Kier molecular flexibility index (Phi) is 5.19. The van der Waals surface area contributed by atoms with Gasteiger partial charge in [-0.1, -0.05) is 48.6 Å². The minimum absolute atomic E-state index is 0.176. The summed E-state index contributed by atoms with van der Waals surface area (Å²) in [6, 6.07) is 18.7. The van der Waals surface area contributed by atoms with Crippen molar-refractivity contribution in [3.8, 4) is 11.5 Å². The van der Waals surface area contributed by atoms with E-state index in [0.717, 1.165) is 11.3 Å². The number of carbonyl (C=O) groups excluding carboxylic acids is 3. The van der Waals surface area contributed by atoms with Gasteiger partial charge in [-0.15, -0.1) is 0 Å². The van der Waals surface area contributed by atoms with E-state index in [1.54, 1.807) is 18.2 Å². The second kappa shape index (κ2) is 8.34. The highest BCUT2D eigenvalue weighted by atomic mass is 16.5. The van der Waals surface area contributed by atoms with Crippen molar-refractivity contribution in [3.05, 3.63) is 89.5 Å². The summed E-state index contributed by atoms with van der Waals surface area (Å²) < 4.78 is 10.8. The highest BCUT2D eigenvalue weighted by Crippen LogP contribution is 2.57. The number of methoxy groups -OCH3 is 2. The smallest absolute Gasteiger partial charge is 0.238 e. The van der Waals surface area contributed by atoms with E-state index in [0.29, 0.717) is 28.3 Å². The maximum absolute atomic E-state index is 14.5. The third-order valence-electron chi connectivity index (χ3n) is 7.88. The quantitative estimate of drug-likeness (QED) is 0.534. The Morgan fingerprint density at radius 2 is 1.68 bits per heavy atom. The number of carbonyl (C=O) groups is 3. The van der Waals surface area contributed by atoms with Gasteiger partial charge in [-0.2, -0.15) is 0 Å². The van der Waals surface area contributed by atoms with Gasteiger partial charge in [0.2, 0.25) is 5.91 Å². The molecule has 3 heterocycles. The predicted octanol–water partition coefficient (Wildman–Crippen LogP) is 4.27. The van der Waals surface area contributed by atoms with Gasteiger partial charge in [-0.05, 0) is 48.4 Å². The van der Waals surface area contributed by atoms with Gasteiger partial charge in [0.25, 0.3) is 0 Å². The van der Waals surface area contributed by atoms with Crippen LogP contribution in [-0.2, 0) is 15.0 Å². The fraction of sp³-hybridized carbons (Fsp3) is 0.233. The number of hydrogen-bond acceptors (Lipinski definition) is 6. The lowest BCUT2D eigenvalue weighted by Crippen LogP contribution is -2.54. The summed E-state index contributed by atoms with van der Waals surface area (Å²) in [4.78, 5) is 44.1. The molecular formula is C30H26N2O5. The number of ether oxygens (including phenoxy) is 2. The molecule has 37 heavy (non-hydrogen) atoms. The van der Waals surface area contributed by atoms with E-state index in [-0.39, 0.29) is 17.5 Å². The Hall–Kier alpha value is -4.39. The number of anilines is 2. The summed E-state index contributed by atoms with van der Waals surface area (Å²) in [5, 5.41) is 2.99. The maximum Gasteiger partial charge on any atom is 0.238 e. The molecule has 0 unspecified atom stereocenters. The predicted molar refractivity (Wildman–Crippen MR) is 140 cm³/mol. The average molecular weight is 495 g/mol. The lowest BCUT2D eigenvalue weighted by atomic mass is 9.64. The van der Waals surface area contributed by atoms with E-state index in [2.05, 4.69) is 5.32 Å². The summed E-state index contributed by atoms with van der Waals surface area (Å²) in [6.07, 6.45) is 3.92. The minimum atomic E-state index is -1.42. The number of ketones is 2. The van der Waals surface area contributed by atoms with Gasteiger partial charge in [0, 0.05) is 16.9 Å². The minimum Gasteiger partial charge on any atom is -0.493 e. The molecule has 6 rings (SSSR count). The van der Waals surface area contributed by atoms with Gasteiger partial charge in [0.15, 0.2) is 23.1 Å². The van der Waals surface area contributed by atoms with Crippen LogP contribution in [-0.4, -0.2) is 43.8 Å². The lowest BCUT2D eigenvalue weighted by Gasteiger charge is -2.36. The molecule has 7 nitrogen and oxygen atoms in total. The van der Waals surface area contributed by atoms with Crippen LogP contribution in [0.1, 0.15) is 28.4 Å². The van der Waals surface area contributed by atoms with Crippen molar-refractivity contribution in [2.45, 2.75) is 24.4 Å². The number of hydrogen-bond donors (Lipinski definition) is 1. The topological polar surface area (TPSA) is 84.9 Å². The van der Waals surface area contributed by atoms with Crippen molar-refractivity contribution in [2.24, 2.45) is 5.92 Å². The largest absolute Gasteiger partial charge is 0.493 e. The number of nitrogens with zero attached hydrogens (tertiary/aromatic N) is 1. The number of para-hydroxylation sites is 2. The first-order valence-corrected chi connectivity index (χ1v) is 12.2. The highest BCUT2D eigenvalue weighted by molar-refractivity contribution is 6.17. The van der Waals surface area contributed by atoms with Crippen LogP contribution in [0, 0.1) is 5.92 Å². The molecule has 3 aliphatic rings. The fourth-order valence-corrected chi connectivity index (χ4v) is 6.49. The number of Topliss-reactive ketones (excluding diaryl/α,β-unsaturated/α-hetero) is 2. The van der Waals surface area contributed by atoms with Crippen molar-refractivity contribution in [1.82, 2.24) is 0 Å². The second-order valence-electron chi connectivity index (χ2n) is 9.61. The first kappa shape index (κ1) is 23.0. The van der Waals surface area contributed by atoms with Crippen LogP contribution in [0.2, 0.25) is 0 Å². The normalized spacial score (nSPS) is 24.8. The lowest BCUT2D eigenvalue weighted by molar-refractivity contribution is -0.127. The Balaban J connectivity index is 1.63. The van der Waals surface area contributed by atoms with Crippen LogP contribution in [0.25, 0.3) is 6.08 Å². The van der Waals surface area contributed by atoms with Crippen LogP contribution in [0.5, 0.6) is 11.5 Å². The molecule has 3 aliphatic heterocycles. The van der Waals surface area contributed by atoms with Gasteiger partial charge >= 0.3 is 0 Å². The Bertz CT molecular complexity index is 1490. The number of benzene rings is 3. The van der Waals surface area contributed by atoms with Gasteiger partial charge in [-0.3, -0.25) is 14.4 Å². The third-order valence-corrected chi connectivity index (χ3v) is 7.88. The van der Waals surface area contributed by atoms with Crippen LogP contribution in [0.4, 0.5) is 11.4 Å². The summed E-state index contributed by atoms with van der Waals surface area (Å²) in [5.41, 5.74) is 2.02. The molecular weight excluding hydrogens is 468 g/mol. The molecule has 0 radical (unpaired) electrons. The zero-order chi connectivity index (χ0) is 25.9. The highest BCUT2D eigenvalue weighted by Gasteiger charge is 2.70. The molecule has 186 valence electrons. The van der Waals surface area contributed by atoms with Crippen LogP contribution in [0.15, 0.2) is 72.8 Å². The fourth-order valence-electron chi connectivity index (χ4n) is 6.49. The summed E-state index contributed by atoms with van der Waals surface area (Å²) >= 11 is 0. The molecule has 1 fully saturated rings. The summed E-state index contributed by atoms with van der Waals surface area (Å²) in [5.74, 6) is -0.707. The molecule has 3 aromatic rings. The van der Waals surface area contributed by atoms with E-state index >= 15 is 0 Å². The van der Waals surface area contributed by atoms with Gasteiger partial charge < -0.3 is 19.7 Å². The Labute approximate surface area is 214 Å². The molecule has 0 bridgehead atoms. The van der Waals surface area contributed by atoms with Gasteiger partial charge in [0.05, 0.1) is 26.2 Å². The number of rotatable bonds is 5. The standard InChI is InChI=1S/C30H26N2O5/c1-17(33)28-30(20-9-5-6-10-21(20)31-29(30)35)26(23-14-12-18-8-4-7-11-22(18)32(23)28)27(34)19-13-15-24(36-2)25(16-19)37-3/h4-16,23,26,28H,1-3H3,(H,31,35)/t23-,26-,28+,30+/m1/s1. The molecule has 1 N–H and O–H groups in total. The average Bonchev–Trinajstić information content (AvgIpc) is 3.40. The van der Waals surface area contributed by atoms with Crippen molar-refractivity contribution < 1.29 is 23.9 Å². The molecule has 1 saturated heterocycles. The van der Waals surface area contributed by atoms with E-state index in [1.165, 1.54) is 21.1 Å². The summed E-state index contributed by atoms with van der Waals surface area (Å²) in [7, 11) is 3.04. The summed E-state index contributed by atoms with van der Waals surface area (Å²) in [6.45, 7) is 1.50. The van der Waals surface area contributed by atoms with E-state index in [4.69, 9.17) is 9.47 Å². The molecule has 0 aliphatic carbocycles. The van der Waals surface area contributed by atoms with Gasteiger partial charge in [0.1, 0.15) is 11.5 Å². The number of nitrogens with one attached hydrogen (secondary N) is 1. The first-order chi connectivity index (χ1) is 17.9. The first-order valence-electron chi connectivity index (χ1n) is 12.2. The number of amides is 1. The molecule has 1 spiro atoms. The zero-order valence-corrected chi connectivity index (χ0v) is 20.7. The van der Waals surface area contributed by atoms with Crippen molar-refractivity contribution in [2.75, 3.05) is 24.4 Å². The zero-order valence-electron chi connectivity index (χ0n) is 20.7. The number of fused-ring (bicyclic) bond motifs is 5. The molecule has 7 heteroatoms. The second-order valence-corrected chi connectivity index (χ2v) is 9.61. The van der Waals surface area contributed by atoms with Crippen LogP contribution in [0.3, 0.4) is 0 Å². The molecule has 0 aromatic heterocycles. The third kappa shape index (κ3) is 3.03. The van der Waals surface area contributed by atoms with Crippen molar-refractivity contribution >= 4 is 34.9 Å². The molecule has 1 amide bonds. The monoisotopic (exact) mass is 494 g/mol. The Morgan fingerprint density at radius 3 is 2.43 bits per heavy atom. The molecule has 4 atom stereocenters. The van der Waals surface area contributed by atoms with E-state index in [1.807, 2.05) is 65.6 Å². The SMILES string of the molecule is COc1ccc(C(=O)[C@H]2[C@H]3C=Cc4ccccc4N3[C@@H](C(C)=O)[C@@]23C(=O)Nc2ccccc23)cc1OC. The van der Waals surface area contributed by atoms with Gasteiger partial charge in [-0.25, -0.2) is 0 Å². The van der Waals surface area contributed by atoms with Crippen molar-refractivity contribution in [1.29, 1.82) is 0 Å². The van der Waals surface area contributed by atoms with E-state index in [9.17, 15) is 14.4 Å².